The Morgan fingerprint density at radius 3 is 2.41 bits per heavy atom. The van der Waals surface area contributed by atoms with Gasteiger partial charge in [-0.1, -0.05) is 42.5 Å². The summed E-state index contributed by atoms with van der Waals surface area (Å²) in [6.45, 7) is 4.29. The van der Waals surface area contributed by atoms with E-state index in [1.807, 2.05) is 62.4 Å². The van der Waals surface area contributed by atoms with E-state index in [-0.39, 0.29) is 24.1 Å². The molecule has 6 nitrogen and oxygen atoms in total. The van der Waals surface area contributed by atoms with Gasteiger partial charge in [0.2, 0.25) is 17.7 Å². The smallest absolute Gasteiger partial charge is 0.249 e. The Labute approximate surface area is 171 Å². The molecule has 1 N–H and O–H groups in total. The summed E-state index contributed by atoms with van der Waals surface area (Å²) < 4.78 is 0. The van der Waals surface area contributed by atoms with Gasteiger partial charge in [0, 0.05) is 32.7 Å². The van der Waals surface area contributed by atoms with Crippen molar-refractivity contribution in [2.75, 3.05) is 25.5 Å². The van der Waals surface area contributed by atoms with Crippen molar-refractivity contribution in [2.45, 2.75) is 26.3 Å². The third kappa shape index (κ3) is 4.31. The van der Waals surface area contributed by atoms with Crippen molar-refractivity contribution in [1.82, 2.24) is 10.2 Å². The fourth-order valence-electron chi connectivity index (χ4n) is 3.60. The molecule has 152 valence electrons. The van der Waals surface area contributed by atoms with Crippen LogP contribution in [0.1, 0.15) is 29.2 Å². The van der Waals surface area contributed by atoms with Crippen LogP contribution in [-0.2, 0) is 14.4 Å². The zero-order chi connectivity index (χ0) is 21.1. The van der Waals surface area contributed by atoms with E-state index in [1.165, 1.54) is 4.90 Å². The molecule has 0 unspecified atom stereocenters. The van der Waals surface area contributed by atoms with Gasteiger partial charge in [-0.05, 0) is 36.6 Å². The molecular formula is C23H27N3O3. The summed E-state index contributed by atoms with van der Waals surface area (Å²) in [6, 6.07) is 14.2. The van der Waals surface area contributed by atoms with Crippen LogP contribution in [0.15, 0.2) is 48.5 Å². The highest BCUT2D eigenvalue weighted by atomic mass is 16.2. The molecule has 1 fully saturated rings. The number of nitrogens with zero attached hydrogens (tertiary/aromatic N) is 2. The number of carbonyl (C=O) groups excluding carboxylic acids is 3. The Morgan fingerprint density at radius 2 is 1.76 bits per heavy atom. The van der Waals surface area contributed by atoms with Gasteiger partial charge in [-0.3, -0.25) is 14.4 Å². The number of benzene rings is 2. The predicted molar refractivity (Wildman–Crippen MR) is 112 cm³/mol. The second-order valence-electron chi connectivity index (χ2n) is 7.71. The number of amides is 3. The topological polar surface area (TPSA) is 69.7 Å². The highest BCUT2D eigenvalue weighted by molar-refractivity contribution is 6.01. The Morgan fingerprint density at radius 1 is 1.07 bits per heavy atom. The Bertz CT molecular complexity index is 924. The fraction of sp³-hybridized carbons (Fsp3) is 0.348. The number of hydrogen-bond donors (Lipinski definition) is 1. The van der Waals surface area contributed by atoms with Crippen molar-refractivity contribution in [1.29, 1.82) is 0 Å². The van der Waals surface area contributed by atoms with Crippen LogP contribution in [-0.4, -0.2) is 43.3 Å². The first kappa shape index (κ1) is 20.6. The zero-order valence-corrected chi connectivity index (χ0v) is 17.3. The van der Waals surface area contributed by atoms with Crippen LogP contribution in [0.3, 0.4) is 0 Å². The summed E-state index contributed by atoms with van der Waals surface area (Å²) in [5, 5.41) is 2.87. The van der Waals surface area contributed by atoms with Crippen molar-refractivity contribution >= 4 is 23.4 Å². The van der Waals surface area contributed by atoms with E-state index < -0.39 is 12.0 Å². The molecule has 2 aromatic rings. The maximum absolute atomic E-state index is 13.0. The lowest BCUT2D eigenvalue weighted by Gasteiger charge is -2.24. The van der Waals surface area contributed by atoms with Gasteiger partial charge in [-0.25, -0.2) is 0 Å². The van der Waals surface area contributed by atoms with Crippen LogP contribution in [0, 0.1) is 19.8 Å². The highest BCUT2D eigenvalue weighted by Crippen LogP contribution is 2.30. The van der Waals surface area contributed by atoms with E-state index >= 15 is 0 Å². The molecule has 3 rings (SSSR count). The SMILES string of the molecule is Cc1cccc(N2C[C@H](C(=O)N[C@@H](C(=O)N(C)C)c3ccccc3)CC2=O)c1C. The monoisotopic (exact) mass is 393 g/mol. The number of hydrogen-bond acceptors (Lipinski definition) is 3. The number of carbonyl (C=O) groups is 3. The molecule has 0 aliphatic carbocycles. The van der Waals surface area contributed by atoms with Crippen LogP contribution in [0.2, 0.25) is 0 Å². The molecule has 1 heterocycles. The number of rotatable bonds is 5. The second-order valence-corrected chi connectivity index (χ2v) is 7.71. The van der Waals surface area contributed by atoms with Crippen molar-refractivity contribution in [3.05, 3.63) is 65.2 Å². The van der Waals surface area contributed by atoms with E-state index in [0.717, 1.165) is 22.4 Å². The quantitative estimate of drug-likeness (QED) is 0.849. The summed E-state index contributed by atoms with van der Waals surface area (Å²) in [6.07, 6.45) is 0.136. The van der Waals surface area contributed by atoms with Gasteiger partial charge in [0.1, 0.15) is 6.04 Å². The summed E-state index contributed by atoms with van der Waals surface area (Å²) in [7, 11) is 3.32. The van der Waals surface area contributed by atoms with E-state index in [1.54, 1.807) is 19.0 Å². The van der Waals surface area contributed by atoms with Crippen molar-refractivity contribution in [3.8, 4) is 0 Å². The molecule has 2 aromatic carbocycles. The number of aryl methyl sites for hydroxylation is 1. The van der Waals surface area contributed by atoms with Gasteiger partial charge in [-0.15, -0.1) is 0 Å². The van der Waals surface area contributed by atoms with Gasteiger partial charge in [0.15, 0.2) is 0 Å². The zero-order valence-electron chi connectivity index (χ0n) is 17.3. The lowest BCUT2D eigenvalue weighted by atomic mass is 10.0. The maximum Gasteiger partial charge on any atom is 0.249 e. The Balaban J connectivity index is 1.78. The van der Waals surface area contributed by atoms with E-state index in [9.17, 15) is 14.4 Å². The average molecular weight is 393 g/mol. The largest absolute Gasteiger partial charge is 0.347 e. The van der Waals surface area contributed by atoms with E-state index in [2.05, 4.69) is 5.32 Å². The second kappa shape index (κ2) is 8.47. The Hall–Kier alpha value is -3.15. The minimum atomic E-state index is -0.774. The van der Waals surface area contributed by atoms with Gasteiger partial charge in [-0.2, -0.15) is 0 Å². The minimum Gasteiger partial charge on any atom is -0.347 e. The van der Waals surface area contributed by atoms with E-state index in [0.29, 0.717) is 6.54 Å². The molecule has 0 radical (unpaired) electrons. The van der Waals surface area contributed by atoms with Crippen LogP contribution in [0.5, 0.6) is 0 Å². The summed E-state index contributed by atoms with van der Waals surface area (Å²) >= 11 is 0. The first-order valence-corrected chi connectivity index (χ1v) is 9.72. The molecule has 3 amide bonds. The predicted octanol–water partition coefficient (Wildman–Crippen LogP) is 2.60. The normalized spacial score (nSPS) is 17.2. The molecule has 2 atom stereocenters. The molecule has 1 aliphatic rings. The average Bonchev–Trinajstić information content (AvgIpc) is 3.09. The van der Waals surface area contributed by atoms with Crippen LogP contribution < -0.4 is 10.2 Å². The summed E-state index contributed by atoms with van der Waals surface area (Å²) in [5.41, 5.74) is 3.69. The summed E-state index contributed by atoms with van der Waals surface area (Å²) in [4.78, 5) is 41.4. The minimum absolute atomic E-state index is 0.0750. The van der Waals surface area contributed by atoms with Crippen LogP contribution in [0.4, 0.5) is 5.69 Å². The molecule has 29 heavy (non-hydrogen) atoms. The standard InChI is InChI=1S/C23H27N3O3/c1-15-9-8-12-19(16(15)2)26-14-18(13-20(26)27)22(28)24-21(23(29)25(3)4)17-10-6-5-7-11-17/h5-12,18,21H,13-14H2,1-4H3,(H,24,28)/t18-,21-/m1/s1. The molecule has 6 heteroatoms. The number of nitrogens with one attached hydrogen (secondary N) is 1. The van der Waals surface area contributed by atoms with Crippen molar-refractivity contribution < 1.29 is 14.4 Å². The lowest BCUT2D eigenvalue weighted by Crippen LogP contribution is -2.42. The maximum atomic E-state index is 13.0. The number of likely N-dealkylation sites (N-methyl/N-ethyl adjacent to an activating group) is 1. The summed E-state index contributed by atoms with van der Waals surface area (Å²) in [5.74, 6) is -1.06. The number of anilines is 1. The van der Waals surface area contributed by atoms with Crippen molar-refractivity contribution in [2.24, 2.45) is 5.92 Å². The van der Waals surface area contributed by atoms with Crippen LogP contribution >= 0.6 is 0 Å². The molecule has 1 aliphatic heterocycles. The van der Waals surface area contributed by atoms with E-state index in [4.69, 9.17) is 0 Å². The van der Waals surface area contributed by atoms with Gasteiger partial charge >= 0.3 is 0 Å². The molecule has 1 saturated heterocycles. The highest BCUT2D eigenvalue weighted by Gasteiger charge is 2.37. The molecule has 0 spiro atoms. The molecule has 0 saturated carbocycles. The fourth-order valence-corrected chi connectivity index (χ4v) is 3.60. The third-order valence-corrected chi connectivity index (χ3v) is 5.47. The third-order valence-electron chi connectivity index (χ3n) is 5.47. The molecular weight excluding hydrogens is 366 g/mol. The van der Waals surface area contributed by atoms with Gasteiger partial charge in [0.25, 0.3) is 0 Å². The Kier molecular flexibility index (Phi) is 6.01. The molecule has 0 bridgehead atoms. The van der Waals surface area contributed by atoms with Crippen LogP contribution in [0.25, 0.3) is 0 Å². The first-order chi connectivity index (χ1) is 13.8. The van der Waals surface area contributed by atoms with Gasteiger partial charge in [0.05, 0.1) is 5.92 Å². The molecule has 0 aromatic heterocycles. The lowest BCUT2D eigenvalue weighted by molar-refractivity contribution is -0.135. The van der Waals surface area contributed by atoms with Crippen molar-refractivity contribution in [3.63, 3.8) is 0 Å². The van der Waals surface area contributed by atoms with Gasteiger partial charge < -0.3 is 15.1 Å². The first-order valence-electron chi connectivity index (χ1n) is 9.72.